The van der Waals surface area contributed by atoms with Gasteiger partial charge < -0.3 is 9.84 Å². The molecule has 0 atom stereocenters. The van der Waals surface area contributed by atoms with Crippen molar-refractivity contribution in [3.63, 3.8) is 0 Å². The van der Waals surface area contributed by atoms with E-state index < -0.39 is 0 Å². The summed E-state index contributed by atoms with van der Waals surface area (Å²) in [4.78, 5) is 0. The van der Waals surface area contributed by atoms with Crippen LogP contribution >= 0.6 is 0 Å². The molecule has 0 aliphatic carbocycles. The van der Waals surface area contributed by atoms with Crippen molar-refractivity contribution in [2.75, 3.05) is 6.61 Å². The molecule has 0 aliphatic heterocycles. The first-order chi connectivity index (χ1) is 10.7. The van der Waals surface area contributed by atoms with Crippen molar-refractivity contribution in [2.45, 2.75) is 33.1 Å². The van der Waals surface area contributed by atoms with Crippen LogP contribution in [0.1, 0.15) is 31.7 Å². The molecule has 0 heterocycles. The molecule has 1 N–H and O–H groups in total. The minimum absolute atomic E-state index is 0.0730. The number of hydrogen-bond acceptors (Lipinski definition) is 4. The number of aryl methyl sites for hydroxylation is 1. The lowest BCUT2D eigenvalue weighted by Crippen LogP contribution is -1.96. The van der Waals surface area contributed by atoms with Crippen LogP contribution in [0.15, 0.2) is 52.7 Å². The summed E-state index contributed by atoms with van der Waals surface area (Å²) in [5.74, 6) is 0.728. The Kier molecular flexibility index (Phi) is 5.95. The van der Waals surface area contributed by atoms with Crippen molar-refractivity contribution < 1.29 is 9.84 Å². The summed E-state index contributed by atoms with van der Waals surface area (Å²) in [7, 11) is 0. The number of unbranched alkanes of at least 4 members (excludes halogenated alkanes) is 2. The molecule has 2 aromatic rings. The number of nitrogens with zero attached hydrogens (tertiary/aromatic N) is 2. The molecule has 0 radical (unpaired) electrons. The Morgan fingerprint density at radius 2 is 1.77 bits per heavy atom. The van der Waals surface area contributed by atoms with Gasteiger partial charge in [0.2, 0.25) is 0 Å². The molecule has 2 rings (SSSR count). The second-order valence-electron chi connectivity index (χ2n) is 5.24. The van der Waals surface area contributed by atoms with Crippen LogP contribution in [0.4, 0.5) is 11.4 Å². The van der Waals surface area contributed by atoms with Gasteiger partial charge in [-0.3, -0.25) is 0 Å². The van der Waals surface area contributed by atoms with Crippen LogP contribution in [0.3, 0.4) is 0 Å². The summed E-state index contributed by atoms with van der Waals surface area (Å²) in [5, 5.41) is 18.2. The minimum atomic E-state index is 0.0730. The van der Waals surface area contributed by atoms with E-state index in [1.54, 1.807) is 18.2 Å². The molecule has 0 saturated heterocycles. The maximum Gasteiger partial charge on any atom is 0.146 e. The maximum absolute atomic E-state index is 9.98. The van der Waals surface area contributed by atoms with Gasteiger partial charge in [0, 0.05) is 6.07 Å². The molecule has 0 saturated carbocycles. The largest absolute Gasteiger partial charge is 0.505 e. The molecule has 0 fully saturated rings. The zero-order valence-corrected chi connectivity index (χ0v) is 13.1. The molecule has 4 nitrogen and oxygen atoms in total. The van der Waals surface area contributed by atoms with Crippen LogP contribution in [0.2, 0.25) is 0 Å². The second kappa shape index (κ2) is 8.17. The van der Waals surface area contributed by atoms with Crippen molar-refractivity contribution in [1.82, 2.24) is 0 Å². The van der Waals surface area contributed by atoms with Gasteiger partial charge in [-0.25, -0.2) is 0 Å². The van der Waals surface area contributed by atoms with Gasteiger partial charge in [0.05, 0.1) is 12.3 Å². The second-order valence-corrected chi connectivity index (χ2v) is 5.24. The number of phenolic OH excluding ortho intramolecular Hbond substituents is 1. The molecule has 0 spiro atoms. The number of benzene rings is 2. The maximum atomic E-state index is 9.98. The third-order valence-corrected chi connectivity index (χ3v) is 3.27. The molecule has 22 heavy (non-hydrogen) atoms. The Morgan fingerprint density at radius 1 is 1.00 bits per heavy atom. The fourth-order valence-corrected chi connectivity index (χ4v) is 1.94. The number of ether oxygens (including phenoxy) is 1. The van der Waals surface area contributed by atoms with E-state index in [-0.39, 0.29) is 5.75 Å². The van der Waals surface area contributed by atoms with Crippen LogP contribution in [-0.2, 0) is 0 Å². The number of azo groups is 1. The third-order valence-electron chi connectivity index (χ3n) is 3.27. The van der Waals surface area contributed by atoms with Gasteiger partial charge in [0.1, 0.15) is 17.2 Å². The van der Waals surface area contributed by atoms with E-state index in [9.17, 15) is 5.11 Å². The van der Waals surface area contributed by atoms with Gasteiger partial charge >= 0.3 is 0 Å². The average Bonchev–Trinajstić information content (AvgIpc) is 2.52. The van der Waals surface area contributed by atoms with Gasteiger partial charge in [-0.2, -0.15) is 5.11 Å². The standard InChI is InChI=1S/C18H22N2O2/c1-3-4-5-12-22-16-10-11-17(18(21)13-16)20-19-15-8-6-14(2)7-9-15/h6-11,13,21H,3-5,12H2,1-2H3. The Balaban J connectivity index is 1.98. The Hall–Kier alpha value is -2.36. The molecule has 0 aromatic heterocycles. The van der Waals surface area contributed by atoms with E-state index in [4.69, 9.17) is 4.74 Å². The van der Waals surface area contributed by atoms with Crippen LogP contribution in [0.25, 0.3) is 0 Å². The summed E-state index contributed by atoms with van der Waals surface area (Å²) in [5.41, 5.74) is 2.36. The summed E-state index contributed by atoms with van der Waals surface area (Å²) >= 11 is 0. The molecule has 4 heteroatoms. The van der Waals surface area contributed by atoms with Gasteiger partial charge in [-0.05, 0) is 37.6 Å². The Morgan fingerprint density at radius 3 is 2.45 bits per heavy atom. The molecule has 0 bridgehead atoms. The van der Waals surface area contributed by atoms with Crippen molar-refractivity contribution in [3.05, 3.63) is 48.0 Å². The predicted molar refractivity (Wildman–Crippen MR) is 88.5 cm³/mol. The molecular formula is C18H22N2O2. The first kappa shape index (κ1) is 16.0. The summed E-state index contributed by atoms with van der Waals surface area (Å²) in [6.07, 6.45) is 3.33. The third kappa shape index (κ3) is 4.88. The van der Waals surface area contributed by atoms with Crippen LogP contribution in [-0.4, -0.2) is 11.7 Å². The number of hydrogen-bond donors (Lipinski definition) is 1. The van der Waals surface area contributed by atoms with Crippen molar-refractivity contribution in [2.24, 2.45) is 10.2 Å². The molecular weight excluding hydrogens is 276 g/mol. The van der Waals surface area contributed by atoms with E-state index in [0.29, 0.717) is 18.0 Å². The highest BCUT2D eigenvalue weighted by atomic mass is 16.5. The number of phenols is 1. The number of rotatable bonds is 7. The van der Waals surface area contributed by atoms with Crippen molar-refractivity contribution in [1.29, 1.82) is 0 Å². The predicted octanol–water partition coefficient (Wildman–Crippen LogP) is 5.69. The van der Waals surface area contributed by atoms with E-state index in [0.717, 1.165) is 24.9 Å². The highest BCUT2D eigenvalue weighted by Gasteiger charge is 2.03. The monoisotopic (exact) mass is 298 g/mol. The highest BCUT2D eigenvalue weighted by Crippen LogP contribution is 2.31. The first-order valence-electron chi connectivity index (χ1n) is 7.63. The van der Waals surface area contributed by atoms with Crippen molar-refractivity contribution >= 4 is 11.4 Å². The van der Waals surface area contributed by atoms with Gasteiger partial charge in [-0.15, -0.1) is 5.11 Å². The summed E-state index contributed by atoms with van der Waals surface area (Å²) < 4.78 is 5.59. The zero-order valence-electron chi connectivity index (χ0n) is 13.1. The number of aromatic hydroxyl groups is 1. The summed E-state index contributed by atoms with van der Waals surface area (Å²) in [6, 6.07) is 12.8. The summed E-state index contributed by atoms with van der Waals surface area (Å²) in [6.45, 7) is 4.84. The average molecular weight is 298 g/mol. The zero-order chi connectivity index (χ0) is 15.8. The Bertz CT molecular complexity index is 621. The van der Waals surface area contributed by atoms with Crippen LogP contribution in [0, 0.1) is 6.92 Å². The molecule has 0 amide bonds. The molecule has 0 aliphatic rings. The van der Waals surface area contributed by atoms with E-state index >= 15 is 0 Å². The normalized spacial score (nSPS) is 11.0. The smallest absolute Gasteiger partial charge is 0.146 e. The van der Waals surface area contributed by atoms with Crippen molar-refractivity contribution in [3.8, 4) is 11.5 Å². The quantitative estimate of drug-likeness (QED) is 0.527. The minimum Gasteiger partial charge on any atom is -0.505 e. The van der Waals surface area contributed by atoms with E-state index in [2.05, 4.69) is 17.2 Å². The lowest BCUT2D eigenvalue weighted by molar-refractivity contribution is 0.304. The lowest BCUT2D eigenvalue weighted by atomic mass is 10.2. The van der Waals surface area contributed by atoms with E-state index in [1.807, 2.05) is 31.2 Å². The van der Waals surface area contributed by atoms with E-state index in [1.165, 1.54) is 5.56 Å². The van der Waals surface area contributed by atoms with Gasteiger partial charge in [-0.1, -0.05) is 37.5 Å². The fraction of sp³-hybridized carbons (Fsp3) is 0.333. The van der Waals surface area contributed by atoms with Gasteiger partial charge in [0.15, 0.2) is 0 Å². The molecule has 0 unspecified atom stereocenters. The fourth-order valence-electron chi connectivity index (χ4n) is 1.94. The van der Waals surface area contributed by atoms with Crippen LogP contribution < -0.4 is 4.74 Å². The first-order valence-corrected chi connectivity index (χ1v) is 7.63. The highest BCUT2D eigenvalue weighted by molar-refractivity contribution is 5.54. The molecule has 116 valence electrons. The van der Waals surface area contributed by atoms with Crippen LogP contribution in [0.5, 0.6) is 11.5 Å². The lowest BCUT2D eigenvalue weighted by Gasteiger charge is -2.06. The van der Waals surface area contributed by atoms with Gasteiger partial charge in [0.25, 0.3) is 0 Å². The Labute approximate surface area is 131 Å². The topological polar surface area (TPSA) is 54.2 Å². The SMILES string of the molecule is CCCCCOc1ccc(N=Nc2ccc(C)cc2)c(O)c1. The molecule has 2 aromatic carbocycles.